The van der Waals surface area contributed by atoms with Crippen molar-refractivity contribution < 1.29 is 4.79 Å². The van der Waals surface area contributed by atoms with Crippen molar-refractivity contribution in [3.05, 3.63) is 88.5 Å². The summed E-state index contributed by atoms with van der Waals surface area (Å²) >= 11 is 2.77. The molecule has 2 aromatic carbocycles. The fourth-order valence-electron chi connectivity index (χ4n) is 4.23. The summed E-state index contributed by atoms with van der Waals surface area (Å²) in [7, 11) is 0. The maximum Gasteiger partial charge on any atom is 0.263 e. The van der Waals surface area contributed by atoms with Gasteiger partial charge in [0.25, 0.3) is 5.56 Å². The number of fused-ring (bicyclic) bond motifs is 2. The van der Waals surface area contributed by atoms with Gasteiger partial charge in [0.2, 0.25) is 5.91 Å². The molecule has 2 aromatic heterocycles. The molecule has 1 aliphatic heterocycles. The maximum atomic E-state index is 13.5. The van der Waals surface area contributed by atoms with Crippen molar-refractivity contribution in [3.8, 4) is 11.1 Å². The Balaban J connectivity index is 1.46. The quantitative estimate of drug-likeness (QED) is 0.214. The average Bonchev–Trinajstić information content (AvgIpc) is 3.29. The van der Waals surface area contributed by atoms with Gasteiger partial charge in [0.1, 0.15) is 4.83 Å². The lowest BCUT2D eigenvalue weighted by Gasteiger charge is -2.29. The first-order chi connectivity index (χ1) is 16.2. The number of carbonyl (C=O) groups excluding carboxylic acids is 1. The molecule has 3 heterocycles. The van der Waals surface area contributed by atoms with Crippen LogP contribution < -0.4 is 10.5 Å². The maximum absolute atomic E-state index is 13.5. The van der Waals surface area contributed by atoms with Crippen LogP contribution in [0.5, 0.6) is 0 Å². The van der Waals surface area contributed by atoms with Gasteiger partial charge in [0.15, 0.2) is 5.16 Å². The molecule has 1 aliphatic rings. The summed E-state index contributed by atoms with van der Waals surface area (Å²) in [5.74, 6) is 0.253. The molecule has 0 N–H and O–H groups in total. The number of allylic oxidation sites excluding steroid dienone is 1. The molecule has 1 amide bonds. The van der Waals surface area contributed by atoms with Crippen LogP contribution in [0, 0.1) is 0 Å². The predicted molar refractivity (Wildman–Crippen MR) is 137 cm³/mol. The van der Waals surface area contributed by atoms with E-state index in [4.69, 9.17) is 4.98 Å². The second-order valence-electron chi connectivity index (χ2n) is 7.86. The molecule has 0 aliphatic carbocycles. The minimum absolute atomic E-state index is 0.0304. The Kier molecular flexibility index (Phi) is 6.15. The summed E-state index contributed by atoms with van der Waals surface area (Å²) in [5, 5.41) is 3.15. The molecule has 0 bridgehead atoms. The second kappa shape index (κ2) is 9.37. The summed E-state index contributed by atoms with van der Waals surface area (Å²) in [6, 6.07) is 17.9. The molecule has 0 atom stereocenters. The van der Waals surface area contributed by atoms with Crippen LogP contribution in [0.4, 0.5) is 5.69 Å². The number of thioether (sulfide) groups is 1. The smallest absolute Gasteiger partial charge is 0.263 e. The van der Waals surface area contributed by atoms with E-state index in [1.165, 1.54) is 28.7 Å². The summed E-state index contributed by atoms with van der Waals surface area (Å²) in [5.41, 5.74) is 3.98. The van der Waals surface area contributed by atoms with Gasteiger partial charge in [-0.05, 0) is 30.0 Å². The lowest BCUT2D eigenvalue weighted by molar-refractivity contribution is -0.116. The Morgan fingerprint density at radius 1 is 1.15 bits per heavy atom. The number of nitrogens with zero attached hydrogens (tertiary/aromatic N) is 3. The summed E-state index contributed by atoms with van der Waals surface area (Å²) < 4.78 is 1.62. The third-order valence-electron chi connectivity index (χ3n) is 5.79. The molecule has 33 heavy (non-hydrogen) atoms. The lowest BCUT2D eigenvalue weighted by atomic mass is 10.0. The van der Waals surface area contributed by atoms with Crippen LogP contribution in [0.25, 0.3) is 21.3 Å². The van der Waals surface area contributed by atoms with Crippen molar-refractivity contribution in [1.29, 1.82) is 0 Å². The molecular formula is C26H23N3O2S2. The number of anilines is 1. The first-order valence-corrected chi connectivity index (χ1v) is 12.7. The van der Waals surface area contributed by atoms with Crippen molar-refractivity contribution in [2.75, 3.05) is 17.2 Å². The number of thiophene rings is 1. The minimum atomic E-state index is -0.0988. The van der Waals surface area contributed by atoms with E-state index in [0.717, 1.165) is 29.7 Å². The molecule has 0 spiro atoms. The van der Waals surface area contributed by atoms with Crippen molar-refractivity contribution >= 4 is 44.9 Å². The average molecular weight is 474 g/mol. The SMILES string of the molecule is C=CCn1c(SCC(=O)N2CCCc3ccccc32)nc2scc(-c3ccccc3)c2c1=O. The number of para-hydroxylation sites is 1. The number of rotatable bonds is 6. The predicted octanol–water partition coefficient (Wildman–Crippen LogP) is 5.38. The zero-order chi connectivity index (χ0) is 22.8. The van der Waals surface area contributed by atoms with Gasteiger partial charge in [0, 0.05) is 29.7 Å². The fraction of sp³-hybridized carbons (Fsp3) is 0.192. The van der Waals surface area contributed by atoms with E-state index in [9.17, 15) is 9.59 Å². The largest absolute Gasteiger partial charge is 0.311 e. The molecule has 0 unspecified atom stereocenters. The standard InChI is InChI=1S/C26H23N3O2S2/c1-2-14-29-25(31)23-20(18-9-4-3-5-10-18)16-32-24(23)27-26(29)33-17-22(30)28-15-8-12-19-11-6-7-13-21(19)28/h2-7,9-11,13,16H,1,8,12,14-15,17H2. The highest BCUT2D eigenvalue weighted by molar-refractivity contribution is 7.99. The van der Waals surface area contributed by atoms with Gasteiger partial charge < -0.3 is 4.90 Å². The topological polar surface area (TPSA) is 55.2 Å². The van der Waals surface area contributed by atoms with Gasteiger partial charge in [-0.2, -0.15) is 0 Å². The number of carbonyl (C=O) groups is 1. The molecule has 0 saturated heterocycles. The van der Waals surface area contributed by atoms with E-state index in [0.29, 0.717) is 28.5 Å². The van der Waals surface area contributed by atoms with Crippen molar-refractivity contribution in [1.82, 2.24) is 9.55 Å². The third kappa shape index (κ3) is 4.14. The van der Waals surface area contributed by atoms with Crippen LogP contribution >= 0.6 is 23.1 Å². The van der Waals surface area contributed by atoms with Crippen molar-refractivity contribution in [3.63, 3.8) is 0 Å². The lowest BCUT2D eigenvalue weighted by Crippen LogP contribution is -2.36. The van der Waals surface area contributed by atoms with Gasteiger partial charge in [-0.25, -0.2) is 4.98 Å². The zero-order valence-electron chi connectivity index (χ0n) is 18.1. The number of benzene rings is 2. The van der Waals surface area contributed by atoms with Crippen LogP contribution in [0.1, 0.15) is 12.0 Å². The highest BCUT2D eigenvalue weighted by Gasteiger charge is 2.23. The summed E-state index contributed by atoms with van der Waals surface area (Å²) in [6.07, 6.45) is 3.64. The Morgan fingerprint density at radius 3 is 2.76 bits per heavy atom. The van der Waals surface area contributed by atoms with Crippen molar-refractivity contribution in [2.45, 2.75) is 24.5 Å². The number of hydrogen-bond donors (Lipinski definition) is 0. The molecular weight excluding hydrogens is 450 g/mol. The van der Waals surface area contributed by atoms with E-state index in [2.05, 4.69) is 12.6 Å². The van der Waals surface area contributed by atoms with Crippen LogP contribution in [-0.2, 0) is 17.8 Å². The van der Waals surface area contributed by atoms with Crippen LogP contribution in [0.2, 0.25) is 0 Å². The van der Waals surface area contributed by atoms with Gasteiger partial charge in [0.05, 0.1) is 11.1 Å². The molecule has 5 nitrogen and oxygen atoms in total. The van der Waals surface area contributed by atoms with Gasteiger partial charge in [-0.1, -0.05) is 66.4 Å². The minimum Gasteiger partial charge on any atom is -0.311 e. The normalized spacial score (nSPS) is 13.2. The Morgan fingerprint density at radius 2 is 1.94 bits per heavy atom. The van der Waals surface area contributed by atoms with E-state index in [-0.39, 0.29) is 17.2 Å². The number of hydrogen-bond acceptors (Lipinski definition) is 5. The first-order valence-electron chi connectivity index (χ1n) is 10.9. The van der Waals surface area contributed by atoms with Crippen LogP contribution in [0.15, 0.2) is 82.6 Å². The van der Waals surface area contributed by atoms with Gasteiger partial charge >= 0.3 is 0 Å². The van der Waals surface area contributed by atoms with Crippen molar-refractivity contribution in [2.24, 2.45) is 0 Å². The third-order valence-corrected chi connectivity index (χ3v) is 7.62. The molecule has 4 aromatic rings. The second-order valence-corrected chi connectivity index (χ2v) is 9.66. The summed E-state index contributed by atoms with van der Waals surface area (Å²) in [6.45, 7) is 4.87. The molecule has 7 heteroatoms. The van der Waals surface area contributed by atoms with E-state index < -0.39 is 0 Å². The molecule has 0 fully saturated rings. The number of aryl methyl sites for hydroxylation is 1. The highest BCUT2D eigenvalue weighted by atomic mass is 32.2. The Bertz CT molecular complexity index is 1390. The Hall–Kier alpha value is -3.16. The van der Waals surface area contributed by atoms with E-state index in [1.807, 2.05) is 58.8 Å². The first kappa shape index (κ1) is 21.7. The number of amides is 1. The fourth-order valence-corrected chi connectivity index (χ4v) is 6.11. The number of aromatic nitrogens is 2. The van der Waals surface area contributed by atoms with Gasteiger partial charge in [-0.3, -0.25) is 14.2 Å². The highest BCUT2D eigenvalue weighted by Crippen LogP contribution is 2.33. The molecule has 0 saturated carbocycles. The van der Waals surface area contributed by atoms with Gasteiger partial charge in [-0.15, -0.1) is 17.9 Å². The van der Waals surface area contributed by atoms with Crippen LogP contribution in [0.3, 0.4) is 0 Å². The van der Waals surface area contributed by atoms with E-state index >= 15 is 0 Å². The summed E-state index contributed by atoms with van der Waals surface area (Å²) in [4.78, 5) is 33.9. The molecule has 166 valence electrons. The Labute approximate surface area is 200 Å². The van der Waals surface area contributed by atoms with E-state index in [1.54, 1.807) is 10.6 Å². The molecule has 0 radical (unpaired) electrons. The monoisotopic (exact) mass is 473 g/mol. The van der Waals surface area contributed by atoms with Crippen LogP contribution in [-0.4, -0.2) is 27.8 Å². The zero-order valence-corrected chi connectivity index (χ0v) is 19.7. The molecule has 5 rings (SSSR count).